The number of rotatable bonds is 5. The van der Waals surface area contributed by atoms with Gasteiger partial charge >= 0.3 is 0 Å². The Bertz CT molecular complexity index is 1070. The van der Waals surface area contributed by atoms with Crippen LogP contribution in [0.3, 0.4) is 0 Å². The highest BCUT2D eigenvalue weighted by molar-refractivity contribution is 7.90. The number of nitrogens with zero attached hydrogens (tertiary/aromatic N) is 3. The topological polar surface area (TPSA) is 82.1 Å². The molecule has 4 rings (SSSR count). The number of carbonyl (C=O) groups excluding carboxylic acids is 1. The van der Waals surface area contributed by atoms with Crippen molar-refractivity contribution in [2.24, 2.45) is 4.99 Å². The van der Waals surface area contributed by atoms with Crippen LogP contribution in [-0.2, 0) is 14.8 Å². The Hall–Kier alpha value is -2.97. The lowest BCUT2D eigenvalue weighted by atomic mass is 10.2. The van der Waals surface area contributed by atoms with Gasteiger partial charge in [0.1, 0.15) is 12.4 Å². The lowest BCUT2D eigenvalue weighted by Crippen LogP contribution is -2.49. The van der Waals surface area contributed by atoms with E-state index in [1.54, 1.807) is 23.1 Å². The van der Waals surface area contributed by atoms with E-state index in [1.807, 2.05) is 18.2 Å². The third-order valence-corrected chi connectivity index (χ3v) is 6.63. The molecule has 0 unspecified atom stereocenters. The Labute approximate surface area is 176 Å². The molecule has 156 valence electrons. The minimum absolute atomic E-state index is 0.0693. The second kappa shape index (κ2) is 8.81. The standard InChI is InChI=1S/C22H24N4O3S/c27-21(17-23-22-19-10-4-5-11-20(19)30(28,29)24-22)26-15-13-25(14-16-26)12-6-9-18-7-2-1-3-8-18/h1-11H,12-17H2,(H,23,24)/b9-6+. The molecule has 0 saturated carbocycles. The fraction of sp³-hybridized carbons (Fsp3) is 0.273. The summed E-state index contributed by atoms with van der Waals surface area (Å²) in [6, 6.07) is 16.8. The van der Waals surface area contributed by atoms with Crippen molar-refractivity contribution in [3.05, 3.63) is 71.8 Å². The van der Waals surface area contributed by atoms with Gasteiger partial charge in [-0.15, -0.1) is 0 Å². The molecule has 2 heterocycles. The second-order valence-electron chi connectivity index (χ2n) is 7.26. The Kier molecular flexibility index (Phi) is 5.96. The maximum Gasteiger partial charge on any atom is 0.263 e. The first-order valence-electron chi connectivity index (χ1n) is 9.91. The smallest absolute Gasteiger partial charge is 0.263 e. The molecule has 1 saturated heterocycles. The molecule has 2 aliphatic heterocycles. The quantitative estimate of drug-likeness (QED) is 0.790. The molecule has 0 spiro atoms. The van der Waals surface area contributed by atoms with Crippen molar-refractivity contribution >= 4 is 27.8 Å². The summed E-state index contributed by atoms with van der Waals surface area (Å²) >= 11 is 0. The summed E-state index contributed by atoms with van der Waals surface area (Å²) in [5.41, 5.74) is 1.69. The molecule has 0 aromatic heterocycles. The number of nitrogens with one attached hydrogen (secondary N) is 1. The molecule has 30 heavy (non-hydrogen) atoms. The van der Waals surface area contributed by atoms with Gasteiger partial charge in [-0.1, -0.05) is 54.6 Å². The van der Waals surface area contributed by atoms with E-state index in [1.165, 1.54) is 11.6 Å². The van der Waals surface area contributed by atoms with E-state index in [0.29, 0.717) is 18.7 Å². The summed E-state index contributed by atoms with van der Waals surface area (Å²) < 4.78 is 26.7. The Morgan fingerprint density at radius 2 is 1.70 bits per heavy atom. The van der Waals surface area contributed by atoms with Crippen LogP contribution in [0.25, 0.3) is 6.08 Å². The summed E-state index contributed by atoms with van der Waals surface area (Å²) in [6.07, 6.45) is 4.25. The number of amidine groups is 1. The summed E-state index contributed by atoms with van der Waals surface area (Å²) in [6.45, 7) is 3.67. The maximum absolute atomic E-state index is 12.5. The average Bonchev–Trinajstić information content (AvgIpc) is 3.04. The molecular formula is C22H24N4O3S. The number of fused-ring (bicyclic) bond motifs is 1. The van der Waals surface area contributed by atoms with Gasteiger partial charge < -0.3 is 4.90 Å². The number of hydrogen-bond acceptors (Lipinski definition) is 5. The average molecular weight is 425 g/mol. The van der Waals surface area contributed by atoms with E-state index in [2.05, 4.69) is 38.9 Å². The molecule has 0 bridgehead atoms. The summed E-state index contributed by atoms with van der Waals surface area (Å²) in [5, 5.41) is 0. The highest BCUT2D eigenvalue weighted by Crippen LogP contribution is 2.22. The van der Waals surface area contributed by atoms with Crippen LogP contribution in [0.4, 0.5) is 0 Å². The van der Waals surface area contributed by atoms with Crippen molar-refractivity contribution in [1.29, 1.82) is 0 Å². The van der Waals surface area contributed by atoms with Crippen LogP contribution >= 0.6 is 0 Å². The molecule has 8 heteroatoms. The first-order chi connectivity index (χ1) is 14.5. The van der Waals surface area contributed by atoms with Crippen LogP contribution in [0, 0.1) is 0 Å². The normalized spacial score (nSPS) is 19.7. The van der Waals surface area contributed by atoms with Gasteiger partial charge in [0.25, 0.3) is 10.0 Å². The van der Waals surface area contributed by atoms with Crippen molar-refractivity contribution in [2.75, 3.05) is 39.3 Å². The van der Waals surface area contributed by atoms with Gasteiger partial charge in [-0.05, 0) is 17.7 Å². The van der Waals surface area contributed by atoms with Crippen LogP contribution in [0.2, 0.25) is 0 Å². The largest absolute Gasteiger partial charge is 0.339 e. The predicted molar refractivity (Wildman–Crippen MR) is 117 cm³/mol. The zero-order valence-corrected chi connectivity index (χ0v) is 17.4. The summed E-state index contributed by atoms with van der Waals surface area (Å²) in [5.74, 6) is 0.147. The minimum atomic E-state index is -3.58. The van der Waals surface area contributed by atoms with Crippen molar-refractivity contribution in [3.8, 4) is 0 Å². The van der Waals surface area contributed by atoms with Gasteiger partial charge in [-0.3, -0.25) is 19.4 Å². The van der Waals surface area contributed by atoms with E-state index in [-0.39, 0.29) is 23.2 Å². The molecule has 0 atom stereocenters. The van der Waals surface area contributed by atoms with Gasteiger partial charge in [0.05, 0.1) is 4.90 Å². The van der Waals surface area contributed by atoms with E-state index in [0.717, 1.165) is 19.6 Å². The van der Waals surface area contributed by atoms with Crippen LogP contribution in [0.15, 0.2) is 70.6 Å². The molecule has 0 radical (unpaired) electrons. The van der Waals surface area contributed by atoms with Crippen LogP contribution in [-0.4, -0.2) is 69.2 Å². The third kappa shape index (κ3) is 4.60. The fourth-order valence-electron chi connectivity index (χ4n) is 3.58. The van der Waals surface area contributed by atoms with Gasteiger partial charge in [0.15, 0.2) is 0 Å². The minimum Gasteiger partial charge on any atom is -0.339 e. The van der Waals surface area contributed by atoms with Gasteiger partial charge in [0.2, 0.25) is 5.91 Å². The maximum atomic E-state index is 12.5. The van der Waals surface area contributed by atoms with E-state index in [4.69, 9.17) is 0 Å². The SMILES string of the molecule is O=C(CN=C1NS(=O)(=O)c2ccccc21)N1CCN(C/C=C/c2ccccc2)CC1. The van der Waals surface area contributed by atoms with Gasteiger partial charge in [-0.25, -0.2) is 8.42 Å². The van der Waals surface area contributed by atoms with Crippen molar-refractivity contribution in [2.45, 2.75) is 4.90 Å². The lowest BCUT2D eigenvalue weighted by Gasteiger charge is -2.33. The molecule has 2 aliphatic rings. The highest BCUT2D eigenvalue weighted by atomic mass is 32.2. The number of benzene rings is 2. The Balaban J connectivity index is 1.28. The second-order valence-corrected chi connectivity index (χ2v) is 8.91. The molecule has 7 nitrogen and oxygen atoms in total. The van der Waals surface area contributed by atoms with Crippen molar-refractivity contribution < 1.29 is 13.2 Å². The Morgan fingerprint density at radius 1 is 1.00 bits per heavy atom. The highest BCUT2D eigenvalue weighted by Gasteiger charge is 2.30. The molecule has 0 aliphatic carbocycles. The van der Waals surface area contributed by atoms with Gasteiger partial charge in [0, 0.05) is 38.3 Å². The molecule has 2 aromatic carbocycles. The molecule has 1 fully saturated rings. The lowest BCUT2D eigenvalue weighted by molar-refractivity contribution is -0.131. The van der Waals surface area contributed by atoms with Crippen LogP contribution in [0.1, 0.15) is 11.1 Å². The first kappa shape index (κ1) is 20.3. The summed E-state index contributed by atoms with van der Waals surface area (Å²) in [7, 11) is -3.58. The van der Waals surface area contributed by atoms with Crippen molar-refractivity contribution in [3.63, 3.8) is 0 Å². The van der Waals surface area contributed by atoms with E-state index >= 15 is 0 Å². The number of carbonyl (C=O) groups is 1. The zero-order valence-electron chi connectivity index (χ0n) is 16.6. The van der Waals surface area contributed by atoms with E-state index < -0.39 is 10.0 Å². The van der Waals surface area contributed by atoms with Crippen LogP contribution < -0.4 is 4.72 Å². The first-order valence-corrected chi connectivity index (χ1v) is 11.4. The number of aliphatic imine (C=N–C) groups is 1. The zero-order chi connectivity index (χ0) is 21.0. The fourth-order valence-corrected chi connectivity index (χ4v) is 4.83. The number of amides is 1. The van der Waals surface area contributed by atoms with Gasteiger partial charge in [-0.2, -0.15) is 0 Å². The number of piperazine rings is 1. The molecular weight excluding hydrogens is 400 g/mol. The number of hydrogen-bond donors (Lipinski definition) is 1. The van der Waals surface area contributed by atoms with Crippen molar-refractivity contribution in [1.82, 2.24) is 14.5 Å². The van der Waals surface area contributed by atoms with Crippen LogP contribution in [0.5, 0.6) is 0 Å². The summed E-state index contributed by atoms with van der Waals surface area (Å²) in [4.78, 5) is 21.1. The molecule has 1 N–H and O–H groups in total. The molecule has 1 amide bonds. The van der Waals surface area contributed by atoms with E-state index in [9.17, 15) is 13.2 Å². The predicted octanol–water partition coefficient (Wildman–Crippen LogP) is 1.58. The monoisotopic (exact) mass is 424 g/mol. The third-order valence-electron chi connectivity index (χ3n) is 5.23. The molecule has 2 aromatic rings. The Morgan fingerprint density at radius 3 is 2.47 bits per heavy atom. The number of sulfonamides is 1.